The Bertz CT molecular complexity index is 1080. The van der Waals surface area contributed by atoms with Gasteiger partial charge in [-0.3, -0.25) is 9.89 Å². The minimum Gasteiger partial charge on any atom is -0.308 e. The fourth-order valence-electron chi connectivity index (χ4n) is 2.52. The number of para-hydroxylation sites is 1. The Morgan fingerprint density at radius 3 is 2.92 bits per heavy atom. The van der Waals surface area contributed by atoms with E-state index in [1.165, 1.54) is 11.8 Å². The van der Waals surface area contributed by atoms with Crippen LogP contribution < -0.4 is 5.32 Å². The van der Waals surface area contributed by atoms with Crippen LogP contribution in [-0.4, -0.2) is 41.4 Å². The predicted octanol–water partition coefficient (Wildman–Crippen LogP) is 2.35. The van der Waals surface area contributed by atoms with Crippen LogP contribution in [0.4, 0.5) is 5.82 Å². The van der Waals surface area contributed by atoms with Gasteiger partial charge >= 0.3 is 0 Å². The maximum absolute atomic E-state index is 12.1. The molecular weight excluding hydrogens is 338 g/mol. The van der Waals surface area contributed by atoms with Crippen LogP contribution >= 0.6 is 11.8 Å². The summed E-state index contributed by atoms with van der Waals surface area (Å²) in [4.78, 5) is 21.2. The summed E-state index contributed by atoms with van der Waals surface area (Å²) in [6.45, 7) is 3.71. The third-order valence-corrected chi connectivity index (χ3v) is 4.49. The first kappa shape index (κ1) is 15.6. The molecule has 4 rings (SSSR count). The summed E-state index contributed by atoms with van der Waals surface area (Å²) < 4.78 is 1.69. The standard InChI is InChI=1S/C16H15N7OS/c1-9-7-13(21-20-9)19-14(24)8-25-16-18-12-6-4-3-5-11(12)15-17-10(2)22-23(15)16/h3-7H,8H2,1-2H3,(H2,19,20,21,24). The molecule has 3 heterocycles. The Labute approximate surface area is 147 Å². The molecule has 0 aliphatic rings. The number of hydrogen-bond donors (Lipinski definition) is 2. The summed E-state index contributed by atoms with van der Waals surface area (Å²) in [6, 6.07) is 9.54. The molecule has 0 bridgehead atoms. The lowest BCUT2D eigenvalue weighted by molar-refractivity contribution is -0.113. The first-order valence-corrected chi connectivity index (χ1v) is 8.65. The van der Waals surface area contributed by atoms with Crippen molar-refractivity contribution < 1.29 is 4.79 Å². The lowest BCUT2D eigenvalue weighted by atomic mass is 10.2. The van der Waals surface area contributed by atoms with Crippen molar-refractivity contribution in [2.45, 2.75) is 19.0 Å². The molecule has 0 fully saturated rings. The van der Waals surface area contributed by atoms with Crippen LogP contribution in [0.15, 0.2) is 35.5 Å². The van der Waals surface area contributed by atoms with Gasteiger partial charge in [0.15, 0.2) is 16.6 Å². The highest BCUT2D eigenvalue weighted by Crippen LogP contribution is 2.23. The van der Waals surface area contributed by atoms with Crippen molar-refractivity contribution in [2.75, 3.05) is 11.1 Å². The molecule has 2 N–H and O–H groups in total. The van der Waals surface area contributed by atoms with Gasteiger partial charge in [-0.1, -0.05) is 23.9 Å². The first-order valence-electron chi connectivity index (χ1n) is 7.67. The molecule has 0 spiro atoms. The molecule has 1 aromatic carbocycles. The van der Waals surface area contributed by atoms with Gasteiger partial charge in [-0.05, 0) is 26.0 Å². The smallest absolute Gasteiger partial charge is 0.236 e. The van der Waals surface area contributed by atoms with Crippen molar-refractivity contribution in [3.05, 3.63) is 41.9 Å². The molecule has 126 valence electrons. The zero-order valence-electron chi connectivity index (χ0n) is 13.6. The van der Waals surface area contributed by atoms with Crippen molar-refractivity contribution in [1.82, 2.24) is 29.8 Å². The number of rotatable bonds is 4. The Kier molecular flexibility index (Phi) is 3.85. The third kappa shape index (κ3) is 3.05. The van der Waals surface area contributed by atoms with Gasteiger partial charge in [0.2, 0.25) is 5.91 Å². The quantitative estimate of drug-likeness (QED) is 0.431. The normalized spacial score (nSPS) is 11.3. The van der Waals surface area contributed by atoms with E-state index < -0.39 is 0 Å². The van der Waals surface area contributed by atoms with E-state index in [1.54, 1.807) is 10.6 Å². The van der Waals surface area contributed by atoms with Gasteiger partial charge in [0, 0.05) is 17.1 Å². The lowest BCUT2D eigenvalue weighted by Gasteiger charge is -2.06. The molecule has 0 atom stereocenters. The molecule has 0 saturated carbocycles. The van der Waals surface area contributed by atoms with Crippen LogP contribution in [-0.2, 0) is 4.79 Å². The second-order valence-corrected chi connectivity index (χ2v) is 6.52. The van der Waals surface area contributed by atoms with Crippen molar-refractivity contribution in [2.24, 2.45) is 0 Å². The molecule has 9 heteroatoms. The summed E-state index contributed by atoms with van der Waals surface area (Å²) in [5.41, 5.74) is 2.46. The number of hydrogen-bond acceptors (Lipinski definition) is 6. The number of amides is 1. The molecule has 0 aliphatic carbocycles. The van der Waals surface area contributed by atoms with E-state index in [-0.39, 0.29) is 11.7 Å². The molecule has 0 saturated heterocycles. The molecule has 4 aromatic rings. The van der Waals surface area contributed by atoms with Gasteiger partial charge in [0.05, 0.1) is 11.3 Å². The average Bonchev–Trinajstić information content (AvgIpc) is 3.18. The second-order valence-electron chi connectivity index (χ2n) is 5.58. The van der Waals surface area contributed by atoms with Crippen molar-refractivity contribution >= 4 is 40.0 Å². The molecule has 25 heavy (non-hydrogen) atoms. The van der Waals surface area contributed by atoms with Crippen LogP contribution in [0.3, 0.4) is 0 Å². The zero-order valence-corrected chi connectivity index (χ0v) is 14.5. The Hall–Kier alpha value is -2.94. The number of benzene rings is 1. The van der Waals surface area contributed by atoms with Crippen LogP contribution in [0.25, 0.3) is 16.6 Å². The topological polar surface area (TPSA) is 101 Å². The third-order valence-electron chi connectivity index (χ3n) is 3.56. The number of carbonyl (C=O) groups is 1. The number of aromatic amines is 1. The fraction of sp³-hybridized carbons (Fsp3) is 0.188. The second kappa shape index (κ2) is 6.17. The molecule has 0 unspecified atom stereocenters. The summed E-state index contributed by atoms with van der Waals surface area (Å²) in [7, 11) is 0. The lowest BCUT2D eigenvalue weighted by Crippen LogP contribution is -2.15. The fourth-order valence-corrected chi connectivity index (χ4v) is 3.26. The average molecular weight is 353 g/mol. The predicted molar refractivity (Wildman–Crippen MR) is 95.7 cm³/mol. The van der Waals surface area contributed by atoms with Gasteiger partial charge in [-0.15, -0.1) is 5.10 Å². The first-order chi connectivity index (χ1) is 12.1. The molecule has 1 amide bonds. The number of aromatic nitrogens is 6. The largest absolute Gasteiger partial charge is 0.308 e. The van der Waals surface area contributed by atoms with Crippen molar-refractivity contribution in [3.8, 4) is 0 Å². The van der Waals surface area contributed by atoms with E-state index in [2.05, 4.69) is 30.6 Å². The van der Waals surface area contributed by atoms with E-state index in [0.717, 1.165) is 22.2 Å². The van der Waals surface area contributed by atoms with E-state index in [9.17, 15) is 4.79 Å². The minimum absolute atomic E-state index is 0.156. The molecule has 3 aromatic heterocycles. The highest BCUT2D eigenvalue weighted by molar-refractivity contribution is 7.99. The van der Waals surface area contributed by atoms with Gasteiger partial charge in [-0.2, -0.15) is 9.61 Å². The highest BCUT2D eigenvalue weighted by atomic mass is 32.2. The zero-order chi connectivity index (χ0) is 17.4. The van der Waals surface area contributed by atoms with E-state index in [1.807, 2.05) is 38.1 Å². The van der Waals surface area contributed by atoms with Gasteiger partial charge < -0.3 is 5.32 Å². The van der Waals surface area contributed by atoms with Crippen molar-refractivity contribution in [1.29, 1.82) is 0 Å². The Balaban J connectivity index is 1.60. The molecular formula is C16H15N7OS. The maximum Gasteiger partial charge on any atom is 0.236 e. The maximum atomic E-state index is 12.1. The summed E-state index contributed by atoms with van der Waals surface area (Å²) in [6.07, 6.45) is 0. The van der Waals surface area contributed by atoms with Crippen LogP contribution in [0.1, 0.15) is 11.5 Å². The van der Waals surface area contributed by atoms with Crippen molar-refractivity contribution in [3.63, 3.8) is 0 Å². The van der Waals surface area contributed by atoms with Gasteiger partial charge in [-0.25, -0.2) is 9.97 Å². The van der Waals surface area contributed by atoms with Gasteiger partial charge in [0.1, 0.15) is 5.82 Å². The summed E-state index contributed by atoms with van der Waals surface area (Å²) in [5, 5.41) is 15.5. The summed E-state index contributed by atoms with van der Waals surface area (Å²) >= 11 is 1.31. The van der Waals surface area contributed by atoms with Gasteiger partial charge in [0.25, 0.3) is 0 Å². The number of nitrogens with zero attached hydrogens (tertiary/aromatic N) is 5. The summed E-state index contributed by atoms with van der Waals surface area (Å²) in [5.74, 6) is 1.22. The van der Waals surface area contributed by atoms with E-state index >= 15 is 0 Å². The van der Waals surface area contributed by atoms with E-state index in [4.69, 9.17) is 0 Å². The number of anilines is 1. The number of nitrogens with one attached hydrogen (secondary N) is 2. The van der Waals surface area contributed by atoms with Crippen LogP contribution in [0.5, 0.6) is 0 Å². The van der Waals surface area contributed by atoms with Crippen LogP contribution in [0, 0.1) is 13.8 Å². The number of carbonyl (C=O) groups excluding carboxylic acids is 1. The number of thioether (sulfide) groups is 1. The molecule has 8 nitrogen and oxygen atoms in total. The number of fused-ring (bicyclic) bond motifs is 3. The van der Waals surface area contributed by atoms with Crippen LogP contribution in [0.2, 0.25) is 0 Å². The highest BCUT2D eigenvalue weighted by Gasteiger charge is 2.14. The monoisotopic (exact) mass is 353 g/mol. The molecule has 0 radical (unpaired) electrons. The Morgan fingerprint density at radius 2 is 2.12 bits per heavy atom. The number of aryl methyl sites for hydroxylation is 2. The Morgan fingerprint density at radius 1 is 1.28 bits per heavy atom. The van der Waals surface area contributed by atoms with E-state index in [0.29, 0.717) is 16.8 Å². The minimum atomic E-state index is -0.156. The SMILES string of the molecule is Cc1nc2c3ccccc3nc(SCC(=O)Nc3cc(C)[nH]n3)n2n1. The molecule has 0 aliphatic heterocycles. The number of H-pyrrole nitrogens is 1.